The standard InChI is InChI=1S/C19H29NO2/c1-2-3-4-5-6-7-8-9-10-11-14-17-15-12-13-16-18(17)19(21)20-22/h11-16,22H,2-10H2,1H3,(H,20,21). The molecule has 0 unspecified atom stereocenters. The van der Waals surface area contributed by atoms with Crippen molar-refractivity contribution in [2.45, 2.75) is 64.7 Å². The van der Waals surface area contributed by atoms with Gasteiger partial charge in [0.05, 0.1) is 0 Å². The highest BCUT2D eigenvalue weighted by Gasteiger charge is 2.06. The molecule has 1 rings (SSSR count). The van der Waals surface area contributed by atoms with Crippen LogP contribution in [0.5, 0.6) is 0 Å². The van der Waals surface area contributed by atoms with E-state index in [1.54, 1.807) is 17.6 Å². The number of amides is 1. The molecule has 0 aliphatic heterocycles. The molecule has 0 saturated heterocycles. The predicted octanol–water partition coefficient (Wildman–Crippen LogP) is 5.35. The molecule has 0 heterocycles. The molecule has 1 aromatic rings. The number of unbranched alkanes of at least 4 members (excludes halogenated alkanes) is 8. The van der Waals surface area contributed by atoms with Gasteiger partial charge in [-0.1, -0.05) is 82.2 Å². The molecular weight excluding hydrogens is 274 g/mol. The van der Waals surface area contributed by atoms with Gasteiger partial charge in [-0.2, -0.15) is 0 Å². The minimum absolute atomic E-state index is 0.465. The number of benzene rings is 1. The third-order valence-electron chi connectivity index (χ3n) is 3.83. The van der Waals surface area contributed by atoms with Gasteiger partial charge in [-0.15, -0.1) is 0 Å². The van der Waals surface area contributed by atoms with Crippen molar-refractivity contribution in [1.82, 2.24) is 5.48 Å². The van der Waals surface area contributed by atoms with E-state index in [1.165, 1.54) is 51.4 Å². The van der Waals surface area contributed by atoms with E-state index in [1.807, 2.05) is 18.2 Å². The van der Waals surface area contributed by atoms with Crippen LogP contribution in [0.3, 0.4) is 0 Å². The topological polar surface area (TPSA) is 49.3 Å². The number of carbonyl (C=O) groups is 1. The SMILES string of the molecule is CCCCCCCCCCC=Cc1ccccc1C(=O)NO. The van der Waals surface area contributed by atoms with Crippen molar-refractivity contribution in [2.75, 3.05) is 0 Å². The molecule has 22 heavy (non-hydrogen) atoms. The molecule has 0 aliphatic carbocycles. The average Bonchev–Trinajstić information content (AvgIpc) is 2.56. The van der Waals surface area contributed by atoms with Crippen molar-refractivity contribution in [3.8, 4) is 0 Å². The third-order valence-corrected chi connectivity index (χ3v) is 3.83. The van der Waals surface area contributed by atoms with Gasteiger partial charge in [-0.3, -0.25) is 10.0 Å². The van der Waals surface area contributed by atoms with Crippen LogP contribution in [-0.2, 0) is 0 Å². The average molecular weight is 303 g/mol. The summed E-state index contributed by atoms with van der Waals surface area (Å²) < 4.78 is 0. The van der Waals surface area contributed by atoms with Crippen LogP contribution in [-0.4, -0.2) is 11.1 Å². The zero-order valence-corrected chi connectivity index (χ0v) is 13.7. The lowest BCUT2D eigenvalue weighted by Gasteiger charge is -2.03. The fraction of sp³-hybridized carbons (Fsp3) is 0.526. The monoisotopic (exact) mass is 303 g/mol. The molecule has 0 radical (unpaired) electrons. The second-order valence-electron chi connectivity index (χ2n) is 5.69. The summed E-state index contributed by atoms with van der Waals surface area (Å²) in [5, 5.41) is 8.74. The second kappa shape index (κ2) is 12.0. The highest BCUT2D eigenvalue weighted by molar-refractivity contribution is 5.96. The van der Waals surface area contributed by atoms with E-state index in [0.29, 0.717) is 5.56 Å². The molecule has 3 nitrogen and oxygen atoms in total. The van der Waals surface area contributed by atoms with Gasteiger partial charge in [0.15, 0.2) is 0 Å². The van der Waals surface area contributed by atoms with E-state index < -0.39 is 5.91 Å². The van der Waals surface area contributed by atoms with E-state index in [4.69, 9.17) is 5.21 Å². The first-order chi connectivity index (χ1) is 10.8. The highest BCUT2D eigenvalue weighted by atomic mass is 16.5. The number of carbonyl (C=O) groups excluding carboxylic acids is 1. The molecule has 0 fully saturated rings. The second-order valence-corrected chi connectivity index (χ2v) is 5.69. The molecule has 122 valence electrons. The van der Waals surface area contributed by atoms with E-state index >= 15 is 0 Å². The summed E-state index contributed by atoms with van der Waals surface area (Å²) in [6.07, 6.45) is 15.7. The summed E-state index contributed by atoms with van der Waals surface area (Å²) in [5.74, 6) is -0.465. The Kier molecular flexibility index (Phi) is 10.0. The Labute approximate surface area is 134 Å². The van der Waals surface area contributed by atoms with Crippen LogP contribution in [0.4, 0.5) is 0 Å². The van der Waals surface area contributed by atoms with Crippen LogP contribution in [0.25, 0.3) is 6.08 Å². The summed E-state index contributed by atoms with van der Waals surface area (Å²) in [4.78, 5) is 11.5. The van der Waals surface area contributed by atoms with E-state index in [-0.39, 0.29) is 0 Å². The smallest absolute Gasteiger partial charge is 0.275 e. The van der Waals surface area contributed by atoms with Gasteiger partial charge in [0, 0.05) is 5.56 Å². The molecular formula is C19H29NO2. The number of hydrogen-bond donors (Lipinski definition) is 2. The third kappa shape index (κ3) is 7.41. The molecule has 1 amide bonds. The van der Waals surface area contributed by atoms with Crippen molar-refractivity contribution in [1.29, 1.82) is 0 Å². The fourth-order valence-electron chi connectivity index (χ4n) is 2.52. The van der Waals surface area contributed by atoms with Crippen molar-refractivity contribution < 1.29 is 10.0 Å². The van der Waals surface area contributed by atoms with Crippen LogP contribution < -0.4 is 5.48 Å². The van der Waals surface area contributed by atoms with Crippen LogP contribution in [0, 0.1) is 0 Å². The number of allylic oxidation sites excluding steroid dienone is 1. The zero-order chi connectivity index (χ0) is 16.0. The van der Waals surface area contributed by atoms with Crippen molar-refractivity contribution in [2.24, 2.45) is 0 Å². The quantitative estimate of drug-likeness (QED) is 0.329. The van der Waals surface area contributed by atoms with Gasteiger partial charge in [-0.25, -0.2) is 5.48 Å². The molecule has 0 bridgehead atoms. The summed E-state index contributed by atoms with van der Waals surface area (Å²) in [6.45, 7) is 2.24. The molecule has 0 spiro atoms. The summed E-state index contributed by atoms with van der Waals surface area (Å²) in [7, 11) is 0. The van der Waals surface area contributed by atoms with E-state index in [9.17, 15) is 4.79 Å². The Morgan fingerprint density at radius 2 is 1.68 bits per heavy atom. The Hall–Kier alpha value is -1.61. The Bertz CT molecular complexity index is 455. The number of hydrogen-bond acceptors (Lipinski definition) is 2. The van der Waals surface area contributed by atoms with Gasteiger partial charge in [0.2, 0.25) is 0 Å². The van der Waals surface area contributed by atoms with Gasteiger partial charge in [-0.05, 0) is 24.5 Å². The number of rotatable bonds is 11. The first-order valence-electron chi connectivity index (χ1n) is 8.49. The minimum Gasteiger partial charge on any atom is -0.288 e. The van der Waals surface area contributed by atoms with Gasteiger partial charge in [0.1, 0.15) is 0 Å². The number of nitrogens with one attached hydrogen (secondary N) is 1. The molecule has 0 aromatic heterocycles. The molecule has 2 N–H and O–H groups in total. The van der Waals surface area contributed by atoms with Crippen molar-refractivity contribution in [3.63, 3.8) is 0 Å². The largest absolute Gasteiger partial charge is 0.288 e. The highest BCUT2D eigenvalue weighted by Crippen LogP contribution is 2.13. The zero-order valence-electron chi connectivity index (χ0n) is 13.7. The predicted molar refractivity (Wildman–Crippen MR) is 92.0 cm³/mol. The van der Waals surface area contributed by atoms with Crippen LogP contribution >= 0.6 is 0 Å². The molecule has 0 aliphatic rings. The van der Waals surface area contributed by atoms with E-state index in [2.05, 4.69) is 13.0 Å². The minimum atomic E-state index is -0.465. The maximum atomic E-state index is 11.5. The first kappa shape index (κ1) is 18.4. The lowest BCUT2D eigenvalue weighted by molar-refractivity contribution is 0.0706. The van der Waals surface area contributed by atoms with Crippen LogP contribution in [0.1, 0.15) is 80.6 Å². The molecule has 0 atom stereocenters. The Morgan fingerprint density at radius 1 is 1.05 bits per heavy atom. The fourth-order valence-corrected chi connectivity index (χ4v) is 2.52. The summed E-state index contributed by atoms with van der Waals surface area (Å²) in [5.41, 5.74) is 3.03. The lowest BCUT2D eigenvalue weighted by atomic mass is 10.0. The van der Waals surface area contributed by atoms with Crippen molar-refractivity contribution >= 4 is 12.0 Å². The molecule has 1 aromatic carbocycles. The Balaban J connectivity index is 2.22. The molecule has 3 heteroatoms. The summed E-state index contributed by atoms with van der Waals surface area (Å²) >= 11 is 0. The van der Waals surface area contributed by atoms with Gasteiger partial charge in [0.25, 0.3) is 5.91 Å². The van der Waals surface area contributed by atoms with Gasteiger partial charge < -0.3 is 0 Å². The Morgan fingerprint density at radius 3 is 2.36 bits per heavy atom. The maximum Gasteiger partial charge on any atom is 0.275 e. The van der Waals surface area contributed by atoms with Gasteiger partial charge >= 0.3 is 0 Å². The van der Waals surface area contributed by atoms with Crippen molar-refractivity contribution in [3.05, 3.63) is 41.5 Å². The van der Waals surface area contributed by atoms with Crippen LogP contribution in [0.2, 0.25) is 0 Å². The lowest BCUT2D eigenvalue weighted by Crippen LogP contribution is -2.19. The van der Waals surface area contributed by atoms with Crippen LogP contribution in [0.15, 0.2) is 30.3 Å². The molecule has 0 saturated carbocycles. The normalized spacial score (nSPS) is 11.0. The number of hydroxylamine groups is 1. The maximum absolute atomic E-state index is 11.5. The first-order valence-corrected chi connectivity index (χ1v) is 8.49. The van der Waals surface area contributed by atoms with E-state index in [0.717, 1.165) is 12.0 Å². The summed E-state index contributed by atoms with van der Waals surface area (Å²) in [6, 6.07) is 7.28.